The molecule has 0 aliphatic carbocycles. The molecule has 0 bridgehead atoms. The van der Waals surface area contributed by atoms with Gasteiger partial charge in [-0.25, -0.2) is 0 Å². The molecule has 0 saturated heterocycles. The van der Waals surface area contributed by atoms with Gasteiger partial charge in [0.2, 0.25) is 5.78 Å². The molecule has 134 valence electrons. The summed E-state index contributed by atoms with van der Waals surface area (Å²) in [5.74, 6) is -1.77. The average Bonchev–Trinajstić information content (AvgIpc) is 2.53. The van der Waals surface area contributed by atoms with Gasteiger partial charge in [-0.2, -0.15) is 0 Å². The largest absolute Gasteiger partial charge is 0.507 e. The van der Waals surface area contributed by atoms with Crippen LogP contribution in [-0.2, 0) is 12.8 Å². The van der Waals surface area contributed by atoms with E-state index in [1.807, 2.05) is 19.1 Å². The second-order valence-electron chi connectivity index (χ2n) is 6.81. The summed E-state index contributed by atoms with van der Waals surface area (Å²) in [5.41, 5.74) is 0.307. The van der Waals surface area contributed by atoms with Gasteiger partial charge >= 0.3 is 0 Å². The third-order valence-corrected chi connectivity index (χ3v) is 4.20. The van der Waals surface area contributed by atoms with Crippen LogP contribution in [0.3, 0.4) is 0 Å². The molecule has 0 atom stereocenters. The molecule has 2 aromatic carbocycles. The highest BCUT2D eigenvalue weighted by Crippen LogP contribution is 2.39. The Morgan fingerprint density at radius 2 is 1.64 bits per heavy atom. The van der Waals surface area contributed by atoms with E-state index in [1.165, 1.54) is 0 Å². The summed E-state index contributed by atoms with van der Waals surface area (Å²) >= 11 is 0. The molecule has 0 amide bonds. The quantitative estimate of drug-likeness (QED) is 0.603. The predicted molar refractivity (Wildman–Crippen MR) is 95.3 cm³/mol. The van der Waals surface area contributed by atoms with Crippen molar-refractivity contribution in [3.8, 4) is 17.2 Å². The highest BCUT2D eigenvalue weighted by atomic mass is 16.3. The van der Waals surface area contributed by atoms with Gasteiger partial charge in [-0.05, 0) is 38.7 Å². The first-order chi connectivity index (χ1) is 11.6. The number of aryl methyl sites for hydroxylation is 1. The fraction of sp³-hybridized carbons (Fsp3) is 0.350. The van der Waals surface area contributed by atoms with E-state index in [2.05, 4.69) is 0 Å². The second kappa shape index (κ2) is 7.15. The molecule has 4 N–H and O–H groups in total. The lowest BCUT2D eigenvalue weighted by Gasteiger charge is -2.19. The summed E-state index contributed by atoms with van der Waals surface area (Å²) in [5, 5.41) is 40.4. The summed E-state index contributed by atoms with van der Waals surface area (Å²) in [6, 6.07) is 7.97. The number of benzene rings is 2. The fourth-order valence-corrected chi connectivity index (χ4v) is 2.62. The van der Waals surface area contributed by atoms with Crippen molar-refractivity contribution in [2.24, 2.45) is 0 Å². The fourth-order valence-electron chi connectivity index (χ4n) is 2.62. The number of ketones is 1. The molecule has 2 aromatic rings. The van der Waals surface area contributed by atoms with Gasteiger partial charge in [0.25, 0.3) is 0 Å². The van der Waals surface area contributed by atoms with Crippen LogP contribution in [0.1, 0.15) is 54.2 Å². The van der Waals surface area contributed by atoms with Gasteiger partial charge in [-0.3, -0.25) is 4.79 Å². The molecule has 0 radical (unpaired) electrons. The Kier molecular flexibility index (Phi) is 5.38. The Balaban J connectivity index is 2.44. The number of phenolic OH excluding ortho intramolecular Hbond substituents is 3. The maximum Gasteiger partial charge on any atom is 0.200 e. The Hall–Kier alpha value is -2.53. The average molecular weight is 344 g/mol. The molecule has 0 aliphatic rings. The van der Waals surface area contributed by atoms with Crippen molar-refractivity contribution in [1.82, 2.24) is 0 Å². The first-order valence-corrected chi connectivity index (χ1v) is 8.27. The van der Waals surface area contributed by atoms with Crippen LogP contribution in [0.5, 0.6) is 17.2 Å². The van der Waals surface area contributed by atoms with Crippen LogP contribution >= 0.6 is 0 Å². The van der Waals surface area contributed by atoms with Crippen LogP contribution in [0.4, 0.5) is 0 Å². The normalized spacial score (nSPS) is 11.5. The zero-order valence-corrected chi connectivity index (χ0v) is 14.7. The van der Waals surface area contributed by atoms with E-state index in [0.29, 0.717) is 5.56 Å². The lowest BCUT2D eigenvalue weighted by Crippen LogP contribution is -2.19. The lowest BCUT2D eigenvalue weighted by atomic mass is 9.93. The molecular weight excluding hydrogens is 320 g/mol. The van der Waals surface area contributed by atoms with Gasteiger partial charge < -0.3 is 20.4 Å². The number of carbonyl (C=O) groups excluding carboxylic acids is 1. The van der Waals surface area contributed by atoms with E-state index in [0.717, 1.165) is 18.1 Å². The van der Waals surface area contributed by atoms with Gasteiger partial charge in [0.05, 0.1) is 5.60 Å². The zero-order valence-electron chi connectivity index (χ0n) is 14.7. The predicted octanol–water partition coefficient (Wildman–Crippen LogP) is 3.30. The van der Waals surface area contributed by atoms with Crippen molar-refractivity contribution in [2.75, 3.05) is 0 Å². The van der Waals surface area contributed by atoms with Crippen molar-refractivity contribution in [2.45, 2.75) is 45.6 Å². The van der Waals surface area contributed by atoms with Crippen LogP contribution < -0.4 is 0 Å². The summed E-state index contributed by atoms with van der Waals surface area (Å²) in [6.07, 6.45) is 1.28. The molecule has 0 aromatic heterocycles. The topological polar surface area (TPSA) is 98.0 Å². The number of hydrogen-bond acceptors (Lipinski definition) is 5. The van der Waals surface area contributed by atoms with Gasteiger partial charge in [0, 0.05) is 17.2 Å². The van der Waals surface area contributed by atoms with Gasteiger partial charge in [0.15, 0.2) is 0 Å². The minimum atomic E-state index is -0.989. The molecule has 0 fully saturated rings. The summed E-state index contributed by atoms with van der Waals surface area (Å²) in [4.78, 5) is 12.7. The zero-order chi connectivity index (χ0) is 18.8. The number of aromatic hydroxyl groups is 3. The first kappa shape index (κ1) is 18.8. The maximum atomic E-state index is 12.7. The Bertz CT molecular complexity index is 770. The number of hydrogen-bond donors (Lipinski definition) is 4. The van der Waals surface area contributed by atoms with Crippen molar-refractivity contribution < 1.29 is 25.2 Å². The van der Waals surface area contributed by atoms with Crippen LogP contribution in [0.25, 0.3) is 0 Å². The number of aliphatic hydroxyl groups is 1. The van der Waals surface area contributed by atoms with Gasteiger partial charge in [0.1, 0.15) is 22.8 Å². The molecule has 0 unspecified atom stereocenters. The Morgan fingerprint density at radius 3 is 2.16 bits per heavy atom. The van der Waals surface area contributed by atoms with Gasteiger partial charge in [-0.1, -0.05) is 31.2 Å². The van der Waals surface area contributed by atoms with E-state index in [1.54, 1.807) is 26.0 Å². The number of rotatable bonds is 6. The van der Waals surface area contributed by atoms with E-state index in [9.17, 15) is 25.2 Å². The SMILES string of the molecule is CCc1ccc(C(=O)c2c(O)cc(O)c(CCC(C)(C)O)c2O)cc1. The summed E-state index contributed by atoms with van der Waals surface area (Å²) in [7, 11) is 0. The minimum absolute atomic E-state index is 0.133. The molecule has 0 saturated carbocycles. The lowest BCUT2D eigenvalue weighted by molar-refractivity contribution is 0.0711. The standard InChI is InChI=1S/C20H24O5/c1-4-12-5-7-13(8-6-12)18(23)17-16(22)11-15(21)14(19(17)24)9-10-20(2,3)25/h5-8,11,21-22,24-25H,4,9-10H2,1-3H3. The minimum Gasteiger partial charge on any atom is -0.507 e. The smallest absolute Gasteiger partial charge is 0.200 e. The third-order valence-electron chi connectivity index (χ3n) is 4.20. The molecule has 0 aliphatic heterocycles. The van der Waals surface area contributed by atoms with Crippen molar-refractivity contribution >= 4 is 5.78 Å². The molecular formula is C20H24O5. The molecule has 0 spiro atoms. The van der Waals surface area contributed by atoms with E-state index >= 15 is 0 Å². The second-order valence-corrected chi connectivity index (χ2v) is 6.81. The van der Waals surface area contributed by atoms with Crippen LogP contribution in [0, 0.1) is 0 Å². The first-order valence-electron chi connectivity index (χ1n) is 8.27. The monoisotopic (exact) mass is 344 g/mol. The van der Waals surface area contributed by atoms with Crippen molar-refractivity contribution in [3.05, 3.63) is 52.6 Å². The molecule has 0 heterocycles. The summed E-state index contributed by atoms with van der Waals surface area (Å²) < 4.78 is 0. The highest BCUT2D eigenvalue weighted by molar-refractivity contribution is 6.12. The highest BCUT2D eigenvalue weighted by Gasteiger charge is 2.25. The van der Waals surface area contributed by atoms with E-state index < -0.39 is 22.9 Å². The van der Waals surface area contributed by atoms with E-state index in [4.69, 9.17) is 0 Å². The summed E-state index contributed by atoms with van der Waals surface area (Å²) in [6.45, 7) is 5.23. The van der Waals surface area contributed by atoms with Crippen LogP contribution in [0.15, 0.2) is 30.3 Å². The Labute approximate surface area is 147 Å². The third kappa shape index (κ3) is 4.31. The molecule has 5 nitrogen and oxygen atoms in total. The number of phenols is 3. The molecule has 5 heteroatoms. The Morgan fingerprint density at radius 1 is 1.04 bits per heavy atom. The van der Waals surface area contributed by atoms with Gasteiger partial charge in [-0.15, -0.1) is 0 Å². The van der Waals surface area contributed by atoms with Crippen LogP contribution in [-0.4, -0.2) is 31.8 Å². The number of carbonyl (C=O) groups is 1. The molecule has 2 rings (SSSR count). The van der Waals surface area contributed by atoms with E-state index in [-0.39, 0.29) is 29.7 Å². The van der Waals surface area contributed by atoms with Crippen molar-refractivity contribution in [1.29, 1.82) is 0 Å². The molecule has 25 heavy (non-hydrogen) atoms. The maximum absolute atomic E-state index is 12.7. The van der Waals surface area contributed by atoms with Crippen molar-refractivity contribution in [3.63, 3.8) is 0 Å². The van der Waals surface area contributed by atoms with Crippen LogP contribution in [0.2, 0.25) is 0 Å².